The molecule has 10 heteroatoms. The Balaban J connectivity index is 1.74. The summed E-state index contributed by atoms with van der Waals surface area (Å²) in [6, 6.07) is 5.00. The number of amides is 3. The van der Waals surface area contributed by atoms with Crippen LogP contribution in [-0.4, -0.2) is 48.1 Å². The molecule has 2 aromatic rings. The number of rotatable bonds is 8. The van der Waals surface area contributed by atoms with Crippen LogP contribution in [0.15, 0.2) is 22.5 Å². The first kappa shape index (κ1) is 20.1. The fraction of sp³-hybridized carbons (Fsp3) is 0.375. The standard InChI is InChI=1S/C16H21N5O3S2/c1-10-4-5-12(8-11(10)2)18-14(23)19-13(22)9-25-16-21-20-15(26-16)17-6-7-24-3/h4-5,8H,6-7,9H2,1-3H3,(H,17,20)(H2,18,19,22,23). The first-order chi connectivity index (χ1) is 12.5. The molecule has 140 valence electrons. The average Bonchev–Trinajstić information content (AvgIpc) is 3.04. The Kier molecular flexibility index (Phi) is 7.82. The van der Waals surface area contributed by atoms with Crippen molar-refractivity contribution in [2.75, 3.05) is 36.6 Å². The van der Waals surface area contributed by atoms with Crippen LogP contribution in [0, 0.1) is 13.8 Å². The minimum Gasteiger partial charge on any atom is -0.383 e. The quantitative estimate of drug-likeness (QED) is 0.466. The highest BCUT2D eigenvalue weighted by molar-refractivity contribution is 8.01. The van der Waals surface area contributed by atoms with Gasteiger partial charge in [-0.05, 0) is 37.1 Å². The third-order valence-corrected chi connectivity index (χ3v) is 5.35. The van der Waals surface area contributed by atoms with E-state index >= 15 is 0 Å². The smallest absolute Gasteiger partial charge is 0.325 e. The first-order valence-electron chi connectivity index (χ1n) is 7.85. The summed E-state index contributed by atoms with van der Waals surface area (Å²) < 4.78 is 5.59. The van der Waals surface area contributed by atoms with E-state index in [9.17, 15) is 9.59 Å². The van der Waals surface area contributed by atoms with Crippen LogP contribution in [0.5, 0.6) is 0 Å². The van der Waals surface area contributed by atoms with Crippen molar-refractivity contribution >= 4 is 45.9 Å². The van der Waals surface area contributed by atoms with Crippen LogP contribution in [0.25, 0.3) is 0 Å². The number of aryl methyl sites for hydroxylation is 2. The third kappa shape index (κ3) is 6.62. The van der Waals surface area contributed by atoms with Crippen LogP contribution >= 0.6 is 23.1 Å². The third-order valence-electron chi connectivity index (χ3n) is 3.33. The molecule has 0 bridgehead atoms. The van der Waals surface area contributed by atoms with Crippen LogP contribution in [0.4, 0.5) is 15.6 Å². The van der Waals surface area contributed by atoms with Crippen molar-refractivity contribution in [2.45, 2.75) is 18.2 Å². The molecule has 0 saturated heterocycles. The van der Waals surface area contributed by atoms with Crippen molar-refractivity contribution in [3.8, 4) is 0 Å². The van der Waals surface area contributed by atoms with Gasteiger partial charge in [0.1, 0.15) is 0 Å². The number of aromatic nitrogens is 2. The normalized spacial score (nSPS) is 10.4. The largest absolute Gasteiger partial charge is 0.383 e. The summed E-state index contributed by atoms with van der Waals surface area (Å²) in [6.45, 7) is 5.15. The second kappa shape index (κ2) is 10.1. The van der Waals surface area contributed by atoms with Crippen molar-refractivity contribution in [3.63, 3.8) is 0 Å². The summed E-state index contributed by atoms with van der Waals surface area (Å²) in [5.41, 5.74) is 2.84. The van der Waals surface area contributed by atoms with E-state index in [2.05, 4.69) is 26.1 Å². The Morgan fingerprint density at radius 3 is 2.77 bits per heavy atom. The number of hydrogen-bond acceptors (Lipinski definition) is 8. The van der Waals surface area contributed by atoms with Crippen molar-refractivity contribution in [1.29, 1.82) is 0 Å². The van der Waals surface area contributed by atoms with Gasteiger partial charge in [-0.3, -0.25) is 10.1 Å². The number of ether oxygens (including phenoxy) is 1. The van der Waals surface area contributed by atoms with E-state index in [4.69, 9.17) is 4.74 Å². The first-order valence-corrected chi connectivity index (χ1v) is 9.65. The maximum atomic E-state index is 11.9. The zero-order valence-electron chi connectivity index (χ0n) is 14.8. The van der Waals surface area contributed by atoms with Gasteiger partial charge in [0, 0.05) is 19.3 Å². The highest BCUT2D eigenvalue weighted by atomic mass is 32.2. The zero-order chi connectivity index (χ0) is 18.9. The van der Waals surface area contributed by atoms with Crippen LogP contribution in [0.2, 0.25) is 0 Å². The zero-order valence-corrected chi connectivity index (χ0v) is 16.4. The van der Waals surface area contributed by atoms with Crippen LogP contribution in [0.1, 0.15) is 11.1 Å². The van der Waals surface area contributed by atoms with E-state index in [0.717, 1.165) is 11.1 Å². The number of imide groups is 1. The van der Waals surface area contributed by atoms with Gasteiger partial charge in [-0.2, -0.15) is 0 Å². The Hall–Kier alpha value is -2.17. The molecule has 0 unspecified atom stereocenters. The number of carbonyl (C=O) groups excluding carboxylic acids is 2. The fourth-order valence-corrected chi connectivity index (χ4v) is 3.45. The molecule has 0 aliphatic rings. The molecule has 0 atom stereocenters. The number of carbonyl (C=O) groups is 2. The number of urea groups is 1. The minimum atomic E-state index is -0.557. The minimum absolute atomic E-state index is 0.0764. The Morgan fingerprint density at radius 2 is 2.04 bits per heavy atom. The van der Waals surface area contributed by atoms with Gasteiger partial charge in [-0.25, -0.2) is 4.79 Å². The summed E-state index contributed by atoms with van der Waals surface area (Å²) in [7, 11) is 1.62. The van der Waals surface area contributed by atoms with Gasteiger partial charge in [0.2, 0.25) is 11.0 Å². The average molecular weight is 396 g/mol. The number of anilines is 2. The van der Waals surface area contributed by atoms with Gasteiger partial charge in [0.25, 0.3) is 0 Å². The van der Waals surface area contributed by atoms with Crippen molar-refractivity contribution in [2.24, 2.45) is 0 Å². The molecule has 0 saturated carbocycles. The molecule has 0 aliphatic heterocycles. The fourth-order valence-electron chi connectivity index (χ4n) is 1.87. The van der Waals surface area contributed by atoms with Gasteiger partial charge < -0.3 is 15.4 Å². The van der Waals surface area contributed by atoms with Crippen LogP contribution in [-0.2, 0) is 9.53 Å². The molecule has 26 heavy (non-hydrogen) atoms. The van der Waals surface area contributed by atoms with E-state index in [1.165, 1.54) is 23.1 Å². The number of hydrogen-bond donors (Lipinski definition) is 3. The molecule has 3 amide bonds. The van der Waals surface area contributed by atoms with E-state index in [-0.39, 0.29) is 5.75 Å². The molecule has 1 aromatic carbocycles. The molecule has 1 heterocycles. The number of methoxy groups -OCH3 is 1. The lowest BCUT2D eigenvalue weighted by Gasteiger charge is -2.08. The molecule has 0 fully saturated rings. The number of nitrogens with zero attached hydrogens (tertiary/aromatic N) is 2. The lowest BCUT2D eigenvalue weighted by Crippen LogP contribution is -2.35. The summed E-state index contributed by atoms with van der Waals surface area (Å²) >= 11 is 2.57. The number of thioether (sulfide) groups is 1. The van der Waals surface area contributed by atoms with Crippen molar-refractivity contribution in [1.82, 2.24) is 15.5 Å². The van der Waals surface area contributed by atoms with Gasteiger partial charge >= 0.3 is 6.03 Å². The predicted octanol–water partition coefficient (Wildman–Crippen LogP) is 2.65. The Bertz CT molecular complexity index is 766. The Morgan fingerprint density at radius 1 is 1.23 bits per heavy atom. The predicted molar refractivity (Wildman–Crippen MR) is 104 cm³/mol. The van der Waals surface area contributed by atoms with Crippen molar-refractivity contribution < 1.29 is 14.3 Å². The van der Waals surface area contributed by atoms with E-state index in [1.807, 2.05) is 26.0 Å². The summed E-state index contributed by atoms with van der Waals surface area (Å²) in [5, 5.41) is 16.6. The number of benzene rings is 1. The highest BCUT2D eigenvalue weighted by Crippen LogP contribution is 2.25. The molecule has 8 nitrogen and oxygen atoms in total. The Labute approximate surface area is 160 Å². The summed E-state index contributed by atoms with van der Waals surface area (Å²) in [4.78, 5) is 23.8. The molecule has 3 N–H and O–H groups in total. The molecular formula is C16H21N5O3S2. The van der Waals surface area contributed by atoms with E-state index in [1.54, 1.807) is 13.2 Å². The highest BCUT2D eigenvalue weighted by Gasteiger charge is 2.11. The summed E-state index contributed by atoms with van der Waals surface area (Å²) in [6.07, 6.45) is 0. The van der Waals surface area contributed by atoms with Crippen molar-refractivity contribution in [3.05, 3.63) is 29.3 Å². The molecule has 0 radical (unpaired) electrons. The lowest BCUT2D eigenvalue weighted by molar-refractivity contribution is -0.117. The molecular weight excluding hydrogens is 374 g/mol. The van der Waals surface area contributed by atoms with Gasteiger partial charge in [-0.15, -0.1) is 10.2 Å². The molecule has 0 spiro atoms. The maximum Gasteiger partial charge on any atom is 0.325 e. The number of nitrogens with one attached hydrogen (secondary N) is 3. The molecule has 1 aromatic heterocycles. The van der Waals surface area contributed by atoms with Gasteiger partial charge in [0.15, 0.2) is 4.34 Å². The van der Waals surface area contributed by atoms with Crippen LogP contribution < -0.4 is 16.0 Å². The monoisotopic (exact) mass is 395 g/mol. The van der Waals surface area contributed by atoms with E-state index < -0.39 is 11.9 Å². The second-order valence-corrected chi connectivity index (χ2v) is 7.58. The van der Waals surface area contributed by atoms with Crippen LogP contribution in [0.3, 0.4) is 0 Å². The lowest BCUT2D eigenvalue weighted by atomic mass is 10.1. The molecule has 2 rings (SSSR count). The summed E-state index contributed by atoms with van der Waals surface area (Å²) in [5.74, 6) is -0.326. The topological polar surface area (TPSA) is 105 Å². The SMILES string of the molecule is COCCNc1nnc(SCC(=O)NC(=O)Nc2ccc(C)c(C)c2)s1. The van der Waals surface area contributed by atoms with Gasteiger partial charge in [0.05, 0.1) is 12.4 Å². The van der Waals surface area contributed by atoms with E-state index in [0.29, 0.717) is 28.3 Å². The maximum absolute atomic E-state index is 11.9. The second-order valence-electron chi connectivity index (χ2n) is 5.38. The molecule has 0 aliphatic carbocycles. The van der Waals surface area contributed by atoms with Gasteiger partial charge in [-0.1, -0.05) is 29.2 Å².